The number of hydrogen-bond acceptors (Lipinski definition) is 6. The number of carbonyl (C=O) groups excluding carboxylic acids is 1. The fourth-order valence-corrected chi connectivity index (χ4v) is 5.79. The molecule has 1 atom stereocenters. The van der Waals surface area contributed by atoms with E-state index < -0.39 is 23.2 Å². The number of carbonyl (C=O) groups is 1. The van der Waals surface area contributed by atoms with E-state index in [1.807, 2.05) is 0 Å². The monoisotopic (exact) mass is 541 g/mol. The van der Waals surface area contributed by atoms with Crippen LogP contribution in [0.15, 0.2) is 42.7 Å². The molecule has 1 aromatic heterocycles. The molecule has 39 heavy (non-hydrogen) atoms. The Balaban J connectivity index is 1.35. The quantitative estimate of drug-likeness (QED) is 0.471. The van der Waals surface area contributed by atoms with Gasteiger partial charge >= 0.3 is 6.18 Å². The third kappa shape index (κ3) is 4.32. The average Bonchev–Trinajstić information content (AvgIpc) is 3.42. The molecule has 1 amide bonds. The summed E-state index contributed by atoms with van der Waals surface area (Å²) in [6, 6.07) is 9.44. The molecule has 11 heteroatoms. The Morgan fingerprint density at radius 3 is 2.56 bits per heavy atom. The predicted octanol–water partition coefficient (Wildman–Crippen LogP) is 3.91. The summed E-state index contributed by atoms with van der Waals surface area (Å²) in [6.07, 6.45) is -0.0792. The van der Waals surface area contributed by atoms with Crippen LogP contribution in [0, 0.1) is 5.92 Å². The molecule has 1 saturated carbocycles. The van der Waals surface area contributed by atoms with Gasteiger partial charge in [-0.1, -0.05) is 12.1 Å². The summed E-state index contributed by atoms with van der Waals surface area (Å²) in [5, 5.41) is 23.3. The second kappa shape index (κ2) is 9.14. The number of fused-ring (bicyclic) bond motifs is 1. The maximum Gasteiger partial charge on any atom is 0.416 e. The van der Waals surface area contributed by atoms with Crippen LogP contribution in [-0.2, 0) is 36.7 Å². The lowest BCUT2D eigenvalue weighted by atomic mass is 9.78. The van der Waals surface area contributed by atoms with Gasteiger partial charge in [-0.15, -0.1) is 10.2 Å². The van der Waals surface area contributed by atoms with Crippen LogP contribution in [0.5, 0.6) is 0 Å². The largest absolute Gasteiger partial charge is 0.416 e. The molecule has 2 aliphatic heterocycles. The molecule has 0 unspecified atom stereocenters. The van der Waals surface area contributed by atoms with Crippen LogP contribution in [0.4, 0.5) is 18.9 Å². The van der Waals surface area contributed by atoms with Gasteiger partial charge in [0.15, 0.2) is 11.4 Å². The molecule has 2 aromatic carbocycles. The second-order valence-corrected chi connectivity index (χ2v) is 11.1. The molecule has 3 aromatic rings. The van der Waals surface area contributed by atoms with Crippen LogP contribution in [0.2, 0.25) is 0 Å². The van der Waals surface area contributed by atoms with E-state index in [0.29, 0.717) is 35.9 Å². The Morgan fingerprint density at radius 1 is 1.21 bits per heavy atom. The Hall–Kier alpha value is -3.28. The molecule has 0 spiro atoms. The van der Waals surface area contributed by atoms with Gasteiger partial charge in [0.25, 0.3) is 5.91 Å². The number of halogens is 3. The normalized spacial score (nSPS) is 20.4. The standard InChI is InChI=1S/C28H30F3N5O3/c1-26(7-4-8-26)32-12-17-9-21-22(23(10-17)28(29,30)31)13-36(24(21)37)20-6-3-5-18(11-20)27(38,19-14-39-15-19)25-34-33-16-35(25)2/h3,5-6,9-11,16,19,32,38H,4,7-8,12-15H2,1-2H3/t27-/m0/s1. The highest BCUT2D eigenvalue weighted by atomic mass is 19.4. The number of aromatic nitrogens is 3. The number of aliphatic hydroxyl groups is 1. The minimum Gasteiger partial charge on any atom is -0.380 e. The Bertz CT molecular complexity index is 1430. The van der Waals surface area contributed by atoms with Crippen molar-refractivity contribution < 1.29 is 27.8 Å². The highest BCUT2D eigenvalue weighted by Gasteiger charge is 2.48. The van der Waals surface area contributed by atoms with Gasteiger partial charge in [0.2, 0.25) is 0 Å². The summed E-state index contributed by atoms with van der Waals surface area (Å²) >= 11 is 0. The van der Waals surface area contributed by atoms with Gasteiger partial charge in [-0.25, -0.2) is 0 Å². The first-order chi connectivity index (χ1) is 18.5. The zero-order valence-corrected chi connectivity index (χ0v) is 21.8. The van der Waals surface area contributed by atoms with Crippen molar-refractivity contribution in [3.8, 4) is 0 Å². The molecule has 6 rings (SSSR count). The molecule has 1 saturated heterocycles. The smallest absolute Gasteiger partial charge is 0.380 e. The lowest BCUT2D eigenvalue weighted by Crippen LogP contribution is -2.48. The van der Waals surface area contributed by atoms with Gasteiger partial charge in [0.1, 0.15) is 6.33 Å². The number of hydrogen-bond donors (Lipinski definition) is 2. The number of nitrogens with one attached hydrogen (secondary N) is 1. The van der Waals surface area contributed by atoms with Gasteiger partial charge in [-0.05, 0) is 67.1 Å². The van der Waals surface area contributed by atoms with Crippen molar-refractivity contribution in [3.63, 3.8) is 0 Å². The molecule has 0 radical (unpaired) electrons. The van der Waals surface area contributed by atoms with Crippen LogP contribution < -0.4 is 10.2 Å². The minimum absolute atomic E-state index is 0.0348. The minimum atomic E-state index is -4.60. The molecule has 8 nitrogen and oxygen atoms in total. The third-order valence-electron chi connectivity index (χ3n) is 8.46. The molecule has 3 aliphatic rings. The predicted molar refractivity (Wildman–Crippen MR) is 136 cm³/mol. The van der Waals surface area contributed by atoms with Gasteiger partial charge < -0.3 is 24.6 Å². The summed E-state index contributed by atoms with van der Waals surface area (Å²) in [7, 11) is 1.72. The van der Waals surface area contributed by atoms with E-state index in [1.165, 1.54) is 11.2 Å². The fraction of sp³-hybridized carbons (Fsp3) is 0.464. The number of rotatable bonds is 7. The van der Waals surface area contributed by atoms with E-state index >= 15 is 0 Å². The summed E-state index contributed by atoms with van der Waals surface area (Å²) in [4.78, 5) is 14.9. The third-order valence-corrected chi connectivity index (χ3v) is 8.46. The van der Waals surface area contributed by atoms with Crippen molar-refractivity contribution in [2.24, 2.45) is 13.0 Å². The molecular formula is C28H30F3N5O3. The molecule has 206 valence electrons. The zero-order valence-electron chi connectivity index (χ0n) is 21.8. The number of ether oxygens (including phenoxy) is 1. The maximum atomic E-state index is 14.2. The van der Waals surface area contributed by atoms with Crippen LogP contribution >= 0.6 is 0 Å². The van der Waals surface area contributed by atoms with Gasteiger partial charge in [0, 0.05) is 36.3 Å². The van der Waals surface area contributed by atoms with E-state index in [9.17, 15) is 23.1 Å². The Labute approximate surface area is 223 Å². The molecule has 2 N–H and O–H groups in total. The summed E-state index contributed by atoms with van der Waals surface area (Å²) in [5.74, 6) is -0.481. The number of anilines is 1. The maximum absolute atomic E-state index is 14.2. The van der Waals surface area contributed by atoms with Gasteiger partial charge in [-0.2, -0.15) is 13.2 Å². The number of alkyl halides is 3. The van der Waals surface area contributed by atoms with Crippen molar-refractivity contribution in [1.29, 1.82) is 0 Å². The lowest BCUT2D eigenvalue weighted by molar-refractivity contribution is -0.138. The van der Waals surface area contributed by atoms with Crippen LogP contribution in [0.1, 0.15) is 64.6 Å². The Kier molecular flexibility index (Phi) is 6.09. The first kappa shape index (κ1) is 26.0. The molecule has 3 heterocycles. The zero-order chi connectivity index (χ0) is 27.6. The number of amides is 1. The highest BCUT2D eigenvalue weighted by Crippen LogP contribution is 2.43. The number of benzene rings is 2. The van der Waals surface area contributed by atoms with Crippen molar-refractivity contribution in [2.45, 2.75) is 56.6 Å². The van der Waals surface area contributed by atoms with Crippen molar-refractivity contribution in [2.75, 3.05) is 18.1 Å². The van der Waals surface area contributed by atoms with Crippen LogP contribution in [-0.4, -0.2) is 44.5 Å². The van der Waals surface area contributed by atoms with Crippen LogP contribution in [0.25, 0.3) is 0 Å². The van der Waals surface area contributed by atoms with Gasteiger partial charge in [-0.3, -0.25) is 4.79 Å². The average molecular weight is 542 g/mol. The van der Waals surface area contributed by atoms with Crippen molar-refractivity contribution in [3.05, 3.63) is 76.4 Å². The summed E-state index contributed by atoms with van der Waals surface area (Å²) in [6.45, 7) is 2.72. The molecular weight excluding hydrogens is 511 g/mol. The first-order valence-corrected chi connectivity index (χ1v) is 13.0. The summed E-state index contributed by atoms with van der Waals surface area (Å²) < 4.78 is 49.5. The molecule has 0 bridgehead atoms. The number of aryl methyl sites for hydroxylation is 1. The van der Waals surface area contributed by atoms with Crippen LogP contribution in [0.3, 0.4) is 0 Å². The summed E-state index contributed by atoms with van der Waals surface area (Å²) in [5.41, 5.74) is -1.12. The van der Waals surface area contributed by atoms with E-state index in [0.717, 1.165) is 25.3 Å². The van der Waals surface area contributed by atoms with E-state index in [1.54, 1.807) is 41.9 Å². The van der Waals surface area contributed by atoms with E-state index in [4.69, 9.17) is 4.74 Å². The lowest BCUT2D eigenvalue weighted by Gasteiger charge is -2.40. The topological polar surface area (TPSA) is 92.5 Å². The first-order valence-electron chi connectivity index (χ1n) is 13.0. The number of nitrogens with zero attached hydrogens (tertiary/aromatic N) is 4. The van der Waals surface area contributed by atoms with E-state index in [2.05, 4.69) is 22.4 Å². The Morgan fingerprint density at radius 2 is 1.97 bits per heavy atom. The van der Waals surface area contributed by atoms with Gasteiger partial charge in [0.05, 0.1) is 25.3 Å². The second-order valence-electron chi connectivity index (χ2n) is 11.1. The van der Waals surface area contributed by atoms with Crippen molar-refractivity contribution >= 4 is 11.6 Å². The molecule has 1 aliphatic carbocycles. The SMILES string of the molecule is Cn1cnnc1[C@](O)(c1cccc(N2Cc3c(cc(CNC4(C)CCC4)cc3C(F)(F)F)C2=O)c1)C1COC1. The fourth-order valence-electron chi connectivity index (χ4n) is 5.79. The highest BCUT2D eigenvalue weighted by molar-refractivity contribution is 6.10. The van der Waals surface area contributed by atoms with Crippen molar-refractivity contribution in [1.82, 2.24) is 20.1 Å². The van der Waals surface area contributed by atoms with E-state index in [-0.39, 0.29) is 35.7 Å². The molecule has 2 fully saturated rings.